The molecule has 23 heavy (non-hydrogen) atoms. The number of fused-ring (bicyclic) bond motifs is 3. The van der Waals surface area contributed by atoms with E-state index in [4.69, 9.17) is 16.3 Å². The lowest BCUT2D eigenvalue weighted by Gasteiger charge is -2.33. The van der Waals surface area contributed by atoms with E-state index >= 15 is 0 Å². The molecule has 4 heteroatoms. The normalized spacial score (nSPS) is 17.9. The molecule has 0 spiro atoms. The number of hydrogen-bond donors (Lipinski definition) is 2. The van der Waals surface area contributed by atoms with E-state index in [9.17, 15) is 5.11 Å². The third-order valence-electron chi connectivity index (χ3n) is 3.94. The van der Waals surface area contributed by atoms with Gasteiger partial charge in [-0.25, -0.2) is 0 Å². The minimum atomic E-state index is -0.667. The first-order valence-electron chi connectivity index (χ1n) is 7.84. The Labute approximate surface area is 142 Å². The maximum atomic E-state index is 10.7. The molecule has 0 fully saturated rings. The van der Waals surface area contributed by atoms with Gasteiger partial charge in [-0.05, 0) is 44.5 Å². The number of halogens is 1. The number of rotatable bonds is 3. The van der Waals surface area contributed by atoms with E-state index in [-0.39, 0.29) is 5.54 Å². The Morgan fingerprint density at radius 3 is 2.65 bits per heavy atom. The molecule has 2 unspecified atom stereocenters. The number of para-hydroxylation sites is 1. The molecule has 2 N–H and O–H groups in total. The molecule has 3 nitrogen and oxygen atoms in total. The molecule has 3 rings (SSSR count). The quantitative estimate of drug-likeness (QED) is 0.886. The van der Waals surface area contributed by atoms with E-state index in [1.165, 1.54) is 0 Å². The smallest absolute Gasteiger partial charge is 0.151 e. The second-order valence-electron chi connectivity index (χ2n) is 6.96. The number of benzene rings is 2. The van der Waals surface area contributed by atoms with E-state index in [0.717, 1.165) is 22.4 Å². The maximum Gasteiger partial charge on any atom is 0.151 e. The van der Waals surface area contributed by atoms with Crippen LogP contribution in [-0.2, 0) is 0 Å². The summed E-state index contributed by atoms with van der Waals surface area (Å²) in [5, 5.41) is 14.6. The van der Waals surface area contributed by atoms with E-state index in [1.807, 2.05) is 42.5 Å². The number of nitrogens with one attached hydrogen (secondary N) is 1. The largest absolute Gasteiger partial charge is 0.482 e. The van der Waals surface area contributed by atoms with Gasteiger partial charge in [0.05, 0.1) is 0 Å². The summed E-state index contributed by atoms with van der Waals surface area (Å²) in [4.78, 5) is 0. The molecule has 0 radical (unpaired) electrons. The summed E-state index contributed by atoms with van der Waals surface area (Å²) in [6.07, 6.45) is -1.10. The molecule has 0 saturated heterocycles. The topological polar surface area (TPSA) is 41.5 Å². The van der Waals surface area contributed by atoms with Gasteiger partial charge in [-0.2, -0.15) is 0 Å². The highest BCUT2D eigenvalue weighted by molar-refractivity contribution is 6.30. The first kappa shape index (κ1) is 16.3. The van der Waals surface area contributed by atoms with Crippen LogP contribution in [0.25, 0.3) is 11.1 Å². The zero-order valence-corrected chi connectivity index (χ0v) is 14.4. The lowest BCUT2D eigenvalue weighted by Crippen LogP contribution is -2.43. The highest BCUT2D eigenvalue weighted by Crippen LogP contribution is 2.44. The van der Waals surface area contributed by atoms with Crippen molar-refractivity contribution in [2.24, 2.45) is 0 Å². The van der Waals surface area contributed by atoms with Crippen molar-refractivity contribution in [3.05, 3.63) is 53.1 Å². The van der Waals surface area contributed by atoms with Gasteiger partial charge in [0, 0.05) is 28.2 Å². The predicted molar refractivity (Wildman–Crippen MR) is 94.0 cm³/mol. The lowest BCUT2D eigenvalue weighted by molar-refractivity contribution is 0.0305. The van der Waals surface area contributed by atoms with Crippen LogP contribution in [-0.4, -0.2) is 23.3 Å². The maximum absolute atomic E-state index is 10.7. The second kappa shape index (κ2) is 6.16. The first-order valence-corrected chi connectivity index (χ1v) is 8.21. The van der Waals surface area contributed by atoms with Crippen molar-refractivity contribution in [1.29, 1.82) is 0 Å². The van der Waals surface area contributed by atoms with Gasteiger partial charge in [0.2, 0.25) is 0 Å². The van der Waals surface area contributed by atoms with Crippen molar-refractivity contribution in [3.8, 4) is 16.9 Å². The van der Waals surface area contributed by atoms with Crippen LogP contribution in [0.4, 0.5) is 0 Å². The first-order chi connectivity index (χ1) is 10.8. The molecule has 1 aliphatic heterocycles. The monoisotopic (exact) mass is 331 g/mol. The van der Waals surface area contributed by atoms with Gasteiger partial charge in [-0.3, -0.25) is 0 Å². The summed E-state index contributed by atoms with van der Waals surface area (Å²) in [7, 11) is 0. The van der Waals surface area contributed by atoms with Crippen molar-refractivity contribution >= 4 is 11.6 Å². The van der Waals surface area contributed by atoms with Crippen LogP contribution < -0.4 is 10.1 Å². The zero-order valence-electron chi connectivity index (χ0n) is 13.6. The van der Waals surface area contributed by atoms with E-state index in [0.29, 0.717) is 11.6 Å². The minimum Gasteiger partial charge on any atom is -0.482 e. The van der Waals surface area contributed by atoms with Crippen LogP contribution in [0.15, 0.2) is 42.5 Å². The molecule has 0 saturated carbocycles. The van der Waals surface area contributed by atoms with E-state index in [2.05, 4.69) is 26.1 Å². The van der Waals surface area contributed by atoms with Crippen LogP contribution in [0, 0.1) is 0 Å². The van der Waals surface area contributed by atoms with Crippen molar-refractivity contribution in [3.63, 3.8) is 0 Å². The average molecular weight is 332 g/mol. The van der Waals surface area contributed by atoms with Gasteiger partial charge in [0.15, 0.2) is 6.10 Å². The Hall–Kier alpha value is -1.55. The fraction of sp³-hybridized carbons (Fsp3) is 0.368. The van der Waals surface area contributed by atoms with Gasteiger partial charge < -0.3 is 15.2 Å². The Bertz CT molecular complexity index is 709. The fourth-order valence-corrected chi connectivity index (χ4v) is 2.99. The van der Waals surface area contributed by atoms with E-state index in [1.54, 1.807) is 0 Å². The summed E-state index contributed by atoms with van der Waals surface area (Å²) in [5.41, 5.74) is 2.96. The van der Waals surface area contributed by atoms with Crippen molar-refractivity contribution in [1.82, 2.24) is 5.32 Å². The van der Waals surface area contributed by atoms with Gasteiger partial charge in [0.25, 0.3) is 0 Å². The van der Waals surface area contributed by atoms with Gasteiger partial charge in [0.1, 0.15) is 11.9 Å². The number of hydrogen-bond acceptors (Lipinski definition) is 3. The molecule has 0 bridgehead atoms. The van der Waals surface area contributed by atoms with Gasteiger partial charge in [-0.15, -0.1) is 0 Å². The summed E-state index contributed by atoms with van der Waals surface area (Å²) in [6.45, 7) is 6.66. The molecular formula is C19H22ClNO2. The van der Waals surface area contributed by atoms with Crippen molar-refractivity contribution in [2.45, 2.75) is 38.5 Å². The fourth-order valence-electron chi connectivity index (χ4n) is 2.81. The SMILES string of the molecule is CC(C)(C)NCC(O)C1Oc2ccccc2-c2ccc(Cl)cc21. The number of ether oxygens (including phenoxy) is 1. The molecule has 2 aromatic carbocycles. The van der Waals surface area contributed by atoms with Crippen LogP contribution in [0.5, 0.6) is 5.75 Å². The lowest BCUT2D eigenvalue weighted by atomic mass is 9.90. The minimum absolute atomic E-state index is 0.0648. The molecule has 0 aromatic heterocycles. The van der Waals surface area contributed by atoms with Crippen LogP contribution in [0.1, 0.15) is 32.4 Å². The summed E-state index contributed by atoms with van der Waals surface area (Å²) >= 11 is 6.17. The van der Waals surface area contributed by atoms with Crippen molar-refractivity contribution in [2.75, 3.05) is 6.54 Å². The average Bonchev–Trinajstić information content (AvgIpc) is 2.51. The molecular weight excluding hydrogens is 310 g/mol. The third-order valence-corrected chi connectivity index (χ3v) is 4.18. The number of aliphatic hydroxyl groups is 1. The molecule has 1 aliphatic rings. The number of aliphatic hydroxyl groups excluding tert-OH is 1. The van der Waals surface area contributed by atoms with E-state index < -0.39 is 12.2 Å². The third kappa shape index (κ3) is 3.52. The highest BCUT2D eigenvalue weighted by atomic mass is 35.5. The summed E-state index contributed by atoms with van der Waals surface area (Å²) < 4.78 is 6.09. The van der Waals surface area contributed by atoms with Crippen molar-refractivity contribution < 1.29 is 9.84 Å². The van der Waals surface area contributed by atoms with Crippen LogP contribution >= 0.6 is 11.6 Å². The summed E-state index contributed by atoms with van der Waals surface area (Å²) in [5.74, 6) is 0.794. The Morgan fingerprint density at radius 1 is 1.17 bits per heavy atom. The second-order valence-corrected chi connectivity index (χ2v) is 7.40. The molecule has 0 aliphatic carbocycles. The van der Waals surface area contributed by atoms with Gasteiger partial charge >= 0.3 is 0 Å². The Morgan fingerprint density at radius 2 is 1.91 bits per heavy atom. The Kier molecular flexibility index (Phi) is 4.37. The molecule has 2 aromatic rings. The number of β-amino-alcohol motifs (C(OH)–C–C–N with tert-alkyl or cyclic N) is 1. The van der Waals surface area contributed by atoms with Gasteiger partial charge in [-0.1, -0.05) is 35.9 Å². The Balaban J connectivity index is 1.96. The molecule has 122 valence electrons. The highest BCUT2D eigenvalue weighted by Gasteiger charge is 2.32. The molecule has 0 amide bonds. The van der Waals surface area contributed by atoms with Crippen LogP contribution in [0.2, 0.25) is 5.02 Å². The molecule has 1 heterocycles. The van der Waals surface area contributed by atoms with Crippen LogP contribution in [0.3, 0.4) is 0 Å². The standard InChI is InChI=1S/C19H22ClNO2/c1-19(2,3)21-11-16(22)18-15-10-12(20)8-9-13(15)14-6-4-5-7-17(14)23-18/h4-10,16,18,21-22H,11H2,1-3H3. The summed E-state index contributed by atoms with van der Waals surface area (Å²) in [6, 6.07) is 13.6. The predicted octanol–water partition coefficient (Wildman–Crippen LogP) is 4.19. The molecule has 2 atom stereocenters. The zero-order chi connectivity index (χ0) is 16.6.